The van der Waals surface area contributed by atoms with Crippen molar-refractivity contribution < 1.29 is 8.78 Å². The van der Waals surface area contributed by atoms with Crippen LogP contribution >= 0.6 is 0 Å². The average molecular weight is 313 g/mol. The van der Waals surface area contributed by atoms with Gasteiger partial charge in [0.15, 0.2) is 11.6 Å². The Labute approximate surface area is 136 Å². The summed E-state index contributed by atoms with van der Waals surface area (Å²) in [7, 11) is 0. The molecule has 1 saturated carbocycles. The number of aliphatic imine (C=N–C) groups is 1. The maximum absolute atomic E-state index is 14.2. The summed E-state index contributed by atoms with van der Waals surface area (Å²) in [6.45, 7) is 5.55. The molecule has 1 aliphatic rings. The smallest absolute Gasteiger partial charge is 0.184 e. The van der Waals surface area contributed by atoms with Crippen molar-refractivity contribution in [2.45, 2.75) is 38.5 Å². The highest BCUT2D eigenvalue weighted by molar-refractivity contribution is 5.67. The molecule has 0 radical (unpaired) electrons. The molecule has 0 bridgehead atoms. The third-order valence-corrected chi connectivity index (χ3v) is 4.94. The number of rotatable bonds is 3. The summed E-state index contributed by atoms with van der Waals surface area (Å²) in [5.74, 6) is -0.397. The molecule has 3 rings (SSSR count). The van der Waals surface area contributed by atoms with Gasteiger partial charge in [0, 0.05) is 5.56 Å². The van der Waals surface area contributed by atoms with Gasteiger partial charge in [0.2, 0.25) is 0 Å². The Morgan fingerprint density at radius 3 is 2.17 bits per heavy atom. The fourth-order valence-electron chi connectivity index (χ4n) is 3.41. The lowest BCUT2D eigenvalue weighted by molar-refractivity contribution is 0.348. The Morgan fingerprint density at radius 1 is 0.913 bits per heavy atom. The Bertz CT molecular complexity index is 698. The summed E-state index contributed by atoms with van der Waals surface area (Å²) in [6.07, 6.45) is 4.96. The van der Waals surface area contributed by atoms with Gasteiger partial charge in [0.05, 0.1) is 0 Å². The molecule has 0 spiro atoms. The fraction of sp³-hybridized carbons (Fsp3) is 0.350. The second-order valence-corrected chi connectivity index (χ2v) is 6.50. The van der Waals surface area contributed by atoms with E-state index in [1.54, 1.807) is 6.07 Å². The van der Waals surface area contributed by atoms with Crippen LogP contribution in [-0.4, -0.2) is 6.72 Å². The van der Waals surface area contributed by atoms with E-state index in [4.69, 9.17) is 0 Å². The van der Waals surface area contributed by atoms with Crippen molar-refractivity contribution in [1.82, 2.24) is 0 Å². The van der Waals surface area contributed by atoms with Crippen molar-refractivity contribution in [1.29, 1.82) is 0 Å². The van der Waals surface area contributed by atoms with E-state index in [1.165, 1.54) is 37.3 Å². The first-order valence-corrected chi connectivity index (χ1v) is 8.15. The van der Waals surface area contributed by atoms with E-state index in [2.05, 4.69) is 18.6 Å². The molecule has 0 saturated heterocycles. The molecule has 0 heterocycles. The summed E-state index contributed by atoms with van der Waals surface area (Å²) >= 11 is 0. The maximum Gasteiger partial charge on any atom is 0.184 e. The van der Waals surface area contributed by atoms with Crippen LogP contribution in [0.1, 0.15) is 44.1 Å². The zero-order chi connectivity index (χ0) is 16.4. The van der Waals surface area contributed by atoms with E-state index in [-0.39, 0.29) is 11.3 Å². The van der Waals surface area contributed by atoms with Gasteiger partial charge in [0.1, 0.15) is 5.69 Å². The molecule has 23 heavy (non-hydrogen) atoms. The lowest BCUT2D eigenvalue weighted by atomic mass is 9.79. The average Bonchev–Trinajstić information content (AvgIpc) is 2.58. The van der Waals surface area contributed by atoms with Gasteiger partial charge >= 0.3 is 0 Å². The molecular weight excluding hydrogens is 292 g/mol. The normalized spacial score (nSPS) is 21.2. The number of hydrogen-bond donors (Lipinski definition) is 0. The number of hydrogen-bond acceptors (Lipinski definition) is 1. The second kappa shape index (κ2) is 6.61. The van der Waals surface area contributed by atoms with Crippen molar-refractivity contribution in [2.24, 2.45) is 10.9 Å². The summed E-state index contributed by atoms with van der Waals surface area (Å²) in [6, 6.07) is 10.9. The Morgan fingerprint density at radius 2 is 1.57 bits per heavy atom. The predicted molar refractivity (Wildman–Crippen MR) is 91.4 cm³/mol. The van der Waals surface area contributed by atoms with Crippen LogP contribution in [0.3, 0.4) is 0 Å². The van der Waals surface area contributed by atoms with Crippen LogP contribution in [0.25, 0.3) is 11.1 Å². The predicted octanol–water partition coefficient (Wildman–Crippen LogP) is 6.26. The summed E-state index contributed by atoms with van der Waals surface area (Å²) in [5, 5.41) is 0. The van der Waals surface area contributed by atoms with Crippen molar-refractivity contribution >= 4 is 12.4 Å². The second-order valence-electron chi connectivity index (χ2n) is 6.50. The van der Waals surface area contributed by atoms with Crippen LogP contribution in [0.2, 0.25) is 0 Å². The highest BCUT2D eigenvalue weighted by Gasteiger charge is 2.20. The number of nitrogens with zero attached hydrogens (tertiary/aromatic N) is 1. The summed E-state index contributed by atoms with van der Waals surface area (Å²) in [5.41, 5.74) is 2.19. The molecule has 0 aliphatic heterocycles. The molecule has 0 atom stereocenters. The first kappa shape index (κ1) is 15.9. The number of halogens is 2. The van der Waals surface area contributed by atoms with Crippen LogP contribution in [0.5, 0.6) is 0 Å². The SMILES string of the molecule is C=Nc1ccc(-c2ccc(C3CCC(C)CC3)cc2)c(F)c1F. The zero-order valence-electron chi connectivity index (χ0n) is 13.4. The monoisotopic (exact) mass is 313 g/mol. The molecule has 0 unspecified atom stereocenters. The van der Waals surface area contributed by atoms with E-state index in [9.17, 15) is 8.78 Å². The number of benzene rings is 2. The molecule has 0 amide bonds. The summed E-state index contributed by atoms with van der Waals surface area (Å²) in [4.78, 5) is 3.48. The minimum absolute atomic E-state index is 0.0563. The Kier molecular flexibility index (Phi) is 4.56. The van der Waals surface area contributed by atoms with Crippen molar-refractivity contribution in [3.63, 3.8) is 0 Å². The minimum atomic E-state index is -0.942. The Hall–Kier alpha value is -2.03. The van der Waals surface area contributed by atoms with Gasteiger partial charge in [-0.25, -0.2) is 8.78 Å². The van der Waals surface area contributed by atoms with Crippen LogP contribution < -0.4 is 0 Å². The third kappa shape index (κ3) is 3.19. The molecule has 2 aromatic carbocycles. The molecule has 1 aliphatic carbocycles. The van der Waals surface area contributed by atoms with Crippen LogP contribution in [0.15, 0.2) is 41.4 Å². The maximum atomic E-state index is 14.2. The van der Waals surface area contributed by atoms with Gasteiger partial charge in [0.25, 0.3) is 0 Å². The molecule has 3 heteroatoms. The Balaban J connectivity index is 1.85. The van der Waals surface area contributed by atoms with Gasteiger partial charge in [-0.15, -0.1) is 0 Å². The topological polar surface area (TPSA) is 12.4 Å². The lowest BCUT2D eigenvalue weighted by Gasteiger charge is -2.26. The molecular formula is C20H21F2N. The lowest BCUT2D eigenvalue weighted by Crippen LogP contribution is -2.10. The van der Waals surface area contributed by atoms with E-state index in [0.717, 1.165) is 5.92 Å². The van der Waals surface area contributed by atoms with E-state index >= 15 is 0 Å². The molecule has 120 valence electrons. The molecule has 1 nitrogen and oxygen atoms in total. The van der Waals surface area contributed by atoms with Crippen LogP contribution in [0.4, 0.5) is 14.5 Å². The van der Waals surface area contributed by atoms with Gasteiger partial charge in [-0.2, -0.15) is 0 Å². The molecule has 1 fully saturated rings. The molecule has 0 aromatic heterocycles. The van der Waals surface area contributed by atoms with Gasteiger partial charge in [-0.05, 0) is 54.7 Å². The van der Waals surface area contributed by atoms with E-state index < -0.39 is 11.6 Å². The third-order valence-electron chi connectivity index (χ3n) is 4.94. The summed E-state index contributed by atoms with van der Waals surface area (Å²) < 4.78 is 28.0. The minimum Gasteiger partial charge on any atom is -0.261 e. The van der Waals surface area contributed by atoms with Crippen molar-refractivity contribution in [3.8, 4) is 11.1 Å². The standard InChI is InChI=1S/C20H21F2N/c1-13-3-5-14(6-4-13)15-7-9-16(10-8-15)17-11-12-18(23-2)20(22)19(17)21/h7-14H,2-6H2,1H3. The van der Waals surface area contributed by atoms with Crippen molar-refractivity contribution in [2.75, 3.05) is 0 Å². The van der Waals surface area contributed by atoms with Gasteiger partial charge in [-0.1, -0.05) is 44.0 Å². The highest BCUT2D eigenvalue weighted by Crippen LogP contribution is 2.36. The van der Waals surface area contributed by atoms with Crippen LogP contribution in [-0.2, 0) is 0 Å². The first-order valence-electron chi connectivity index (χ1n) is 8.15. The van der Waals surface area contributed by atoms with E-state index in [1.807, 2.05) is 24.3 Å². The largest absolute Gasteiger partial charge is 0.261 e. The molecule has 0 N–H and O–H groups in total. The van der Waals surface area contributed by atoms with Crippen LogP contribution in [0, 0.1) is 17.6 Å². The molecule has 2 aromatic rings. The van der Waals surface area contributed by atoms with Gasteiger partial charge in [-0.3, -0.25) is 4.99 Å². The quantitative estimate of drug-likeness (QED) is 0.593. The first-order chi connectivity index (χ1) is 11.1. The highest BCUT2D eigenvalue weighted by atomic mass is 19.2. The zero-order valence-corrected chi connectivity index (χ0v) is 13.4. The van der Waals surface area contributed by atoms with Gasteiger partial charge < -0.3 is 0 Å². The van der Waals surface area contributed by atoms with E-state index in [0.29, 0.717) is 11.5 Å². The fourth-order valence-corrected chi connectivity index (χ4v) is 3.41. The van der Waals surface area contributed by atoms with Crippen molar-refractivity contribution in [3.05, 3.63) is 53.6 Å².